The second-order valence-electron chi connectivity index (χ2n) is 7.62. The number of benzene rings is 1. The summed E-state index contributed by atoms with van der Waals surface area (Å²) in [5, 5.41) is 0.407. The van der Waals surface area contributed by atoms with E-state index in [0.29, 0.717) is 23.2 Å². The van der Waals surface area contributed by atoms with E-state index in [1.165, 1.54) is 49.6 Å². The Labute approximate surface area is 163 Å². The lowest BCUT2D eigenvalue weighted by molar-refractivity contribution is -0.118. The van der Waals surface area contributed by atoms with Gasteiger partial charge in [-0.25, -0.2) is 12.8 Å². The summed E-state index contributed by atoms with van der Waals surface area (Å²) >= 11 is 1.36. The van der Waals surface area contributed by atoms with E-state index < -0.39 is 9.84 Å². The van der Waals surface area contributed by atoms with Crippen molar-refractivity contribution in [3.63, 3.8) is 0 Å². The third-order valence-corrected chi connectivity index (χ3v) is 8.84. The highest BCUT2D eigenvalue weighted by atomic mass is 32.2. The smallest absolute Gasteiger partial charge is 0.248 e. The zero-order valence-corrected chi connectivity index (χ0v) is 16.6. The average molecular weight is 411 g/mol. The summed E-state index contributed by atoms with van der Waals surface area (Å²) in [7, 11) is -3.10. The number of amidine groups is 1. The van der Waals surface area contributed by atoms with Crippen LogP contribution in [0.1, 0.15) is 38.5 Å². The molecule has 1 aliphatic carbocycles. The Kier molecular flexibility index (Phi) is 5.29. The number of thioether (sulfide) groups is 1. The summed E-state index contributed by atoms with van der Waals surface area (Å²) in [5.41, 5.74) is 0.677. The molecule has 4 rings (SSSR count). The highest BCUT2D eigenvalue weighted by molar-refractivity contribution is 8.16. The minimum Gasteiger partial charge on any atom is -0.316 e. The van der Waals surface area contributed by atoms with Crippen LogP contribution in [0.2, 0.25) is 0 Å². The van der Waals surface area contributed by atoms with E-state index in [1.54, 1.807) is 12.1 Å². The number of hydrogen-bond acceptors (Lipinski definition) is 4. The van der Waals surface area contributed by atoms with Crippen molar-refractivity contribution in [3.8, 4) is 0 Å². The second-order valence-corrected chi connectivity index (χ2v) is 11.0. The first kappa shape index (κ1) is 18.9. The number of anilines is 1. The molecule has 1 amide bonds. The van der Waals surface area contributed by atoms with E-state index in [0.717, 1.165) is 6.42 Å². The van der Waals surface area contributed by atoms with Gasteiger partial charge in [-0.1, -0.05) is 37.4 Å². The molecule has 2 atom stereocenters. The van der Waals surface area contributed by atoms with Crippen LogP contribution in [-0.2, 0) is 14.6 Å². The lowest BCUT2D eigenvalue weighted by atomic mass is 10.0. The Morgan fingerprint density at radius 3 is 2.59 bits per heavy atom. The number of sulfone groups is 1. The summed E-state index contributed by atoms with van der Waals surface area (Å²) in [6, 6.07) is 5.66. The summed E-state index contributed by atoms with van der Waals surface area (Å²) in [6.07, 6.45) is 6.20. The van der Waals surface area contributed by atoms with E-state index >= 15 is 0 Å². The molecule has 2 heterocycles. The molecular formula is C19H23FN2O3S2. The number of hydrogen-bond donors (Lipinski definition) is 0. The minimum atomic E-state index is -3.10. The highest BCUT2D eigenvalue weighted by Crippen LogP contribution is 2.41. The van der Waals surface area contributed by atoms with Crippen LogP contribution in [0.4, 0.5) is 10.1 Å². The van der Waals surface area contributed by atoms with Crippen molar-refractivity contribution in [1.29, 1.82) is 0 Å². The molecule has 1 saturated carbocycles. The van der Waals surface area contributed by atoms with E-state index in [-0.39, 0.29) is 34.5 Å². The molecule has 1 aromatic carbocycles. The predicted octanol–water partition coefficient (Wildman–Crippen LogP) is 3.40. The van der Waals surface area contributed by atoms with Crippen molar-refractivity contribution < 1.29 is 17.6 Å². The number of rotatable bonds is 4. The zero-order chi connectivity index (χ0) is 19.0. The fraction of sp³-hybridized carbons (Fsp3) is 0.579. The van der Waals surface area contributed by atoms with Gasteiger partial charge in [0.1, 0.15) is 5.82 Å². The number of aliphatic imine (C=N–C) groups is 1. The van der Waals surface area contributed by atoms with E-state index in [1.807, 2.05) is 4.90 Å². The van der Waals surface area contributed by atoms with Crippen molar-refractivity contribution in [1.82, 2.24) is 0 Å². The number of fused-ring (bicyclic) bond motifs is 1. The Hall–Kier alpha value is -1.41. The first-order valence-corrected chi connectivity index (χ1v) is 12.1. The summed E-state index contributed by atoms with van der Waals surface area (Å²) in [6.45, 7) is 0. The molecule has 5 nitrogen and oxygen atoms in total. The maximum Gasteiger partial charge on any atom is 0.248 e. The van der Waals surface area contributed by atoms with Gasteiger partial charge in [-0.05, 0) is 36.6 Å². The van der Waals surface area contributed by atoms with E-state index in [2.05, 4.69) is 4.99 Å². The van der Waals surface area contributed by atoms with Crippen molar-refractivity contribution in [2.45, 2.75) is 49.8 Å². The molecular weight excluding hydrogens is 387 g/mol. The normalized spacial score (nSPS) is 28.8. The fourth-order valence-electron chi connectivity index (χ4n) is 4.26. The van der Waals surface area contributed by atoms with Crippen LogP contribution in [0.3, 0.4) is 0 Å². The van der Waals surface area contributed by atoms with Gasteiger partial charge in [0.2, 0.25) is 5.91 Å². The standard InChI is InChI=1S/C19H23FN2O3S2/c20-14-6-8-15(9-7-14)22-16-11-27(24,25)12-17(16)26-19(22)21-18(23)10-5-13-3-1-2-4-13/h6-9,13,16-17H,1-5,10-12H2/t16-,17+/m1/s1. The van der Waals surface area contributed by atoms with Crippen LogP contribution in [-0.4, -0.2) is 42.3 Å². The number of carbonyl (C=O) groups is 1. The number of halogens is 1. The topological polar surface area (TPSA) is 66.8 Å². The summed E-state index contributed by atoms with van der Waals surface area (Å²) in [5.74, 6) is 0.252. The van der Waals surface area contributed by atoms with Gasteiger partial charge in [0, 0.05) is 17.4 Å². The SMILES string of the molecule is O=C(CCC1CCCC1)N=C1S[C@H]2CS(=O)(=O)C[C@H]2N1c1ccc(F)cc1. The van der Waals surface area contributed by atoms with E-state index in [9.17, 15) is 17.6 Å². The largest absolute Gasteiger partial charge is 0.316 e. The number of carbonyl (C=O) groups excluding carboxylic acids is 1. The quantitative estimate of drug-likeness (QED) is 0.761. The molecule has 2 aliphatic heterocycles. The predicted molar refractivity (Wildman–Crippen MR) is 106 cm³/mol. The minimum absolute atomic E-state index is 0.0390. The van der Waals surface area contributed by atoms with Crippen LogP contribution in [0.15, 0.2) is 29.3 Å². The molecule has 0 spiro atoms. The molecule has 8 heteroatoms. The van der Waals surface area contributed by atoms with Gasteiger partial charge < -0.3 is 4.90 Å². The van der Waals surface area contributed by atoms with Crippen LogP contribution in [0, 0.1) is 11.7 Å². The van der Waals surface area contributed by atoms with Crippen molar-refractivity contribution in [2.75, 3.05) is 16.4 Å². The average Bonchev–Trinajstić information content (AvgIpc) is 3.29. The van der Waals surface area contributed by atoms with Gasteiger partial charge in [0.15, 0.2) is 15.0 Å². The fourth-order valence-corrected chi connectivity index (χ4v) is 8.19. The Morgan fingerprint density at radius 1 is 1.19 bits per heavy atom. The molecule has 2 saturated heterocycles. The zero-order valence-electron chi connectivity index (χ0n) is 15.0. The van der Waals surface area contributed by atoms with Gasteiger partial charge >= 0.3 is 0 Å². The molecule has 3 fully saturated rings. The molecule has 3 aliphatic rings. The molecule has 0 unspecified atom stereocenters. The maximum absolute atomic E-state index is 13.3. The first-order valence-electron chi connectivity index (χ1n) is 9.45. The number of nitrogens with zero attached hydrogens (tertiary/aromatic N) is 2. The van der Waals surface area contributed by atoms with Crippen molar-refractivity contribution in [3.05, 3.63) is 30.1 Å². The molecule has 0 N–H and O–H groups in total. The number of amides is 1. The van der Waals surface area contributed by atoms with Crippen LogP contribution in [0.5, 0.6) is 0 Å². The van der Waals surface area contributed by atoms with Gasteiger partial charge in [0.05, 0.1) is 17.5 Å². The monoisotopic (exact) mass is 410 g/mol. The molecule has 0 radical (unpaired) electrons. The maximum atomic E-state index is 13.3. The van der Waals surface area contributed by atoms with Gasteiger partial charge in [-0.2, -0.15) is 4.99 Å². The Bertz CT molecular complexity index is 848. The van der Waals surface area contributed by atoms with Gasteiger partial charge in [-0.3, -0.25) is 4.79 Å². The van der Waals surface area contributed by atoms with E-state index in [4.69, 9.17) is 0 Å². The Morgan fingerprint density at radius 2 is 1.89 bits per heavy atom. The first-order chi connectivity index (χ1) is 12.9. The molecule has 27 heavy (non-hydrogen) atoms. The van der Waals surface area contributed by atoms with Crippen molar-refractivity contribution >= 4 is 38.4 Å². The lowest BCUT2D eigenvalue weighted by Gasteiger charge is -2.24. The Balaban J connectivity index is 1.54. The summed E-state index contributed by atoms with van der Waals surface area (Å²) < 4.78 is 37.4. The molecule has 0 bridgehead atoms. The highest BCUT2D eigenvalue weighted by Gasteiger charge is 2.49. The lowest BCUT2D eigenvalue weighted by Crippen LogP contribution is -2.37. The van der Waals surface area contributed by atoms with Crippen LogP contribution >= 0.6 is 11.8 Å². The molecule has 146 valence electrons. The van der Waals surface area contributed by atoms with Gasteiger partial charge in [0.25, 0.3) is 0 Å². The van der Waals surface area contributed by atoms with Crippen LogP contribution < -0.4 is 4.90 Å². The molecule has 1 aromatic rings. The molecule has 0 aromatic heterocycles. The van der Waals surface area contributed by atoms with Crippen molar-refractivity contribution in [2.24, 2.45) is 10.9 Å². The summed E-state index contributed by atoms with van der Waals surface area (Å²) in [4.78, 5) is 18.6. The third-order valence-electron chi connectivity index (χ3n) is 5.63. The third kappa shape index (κ3) is 4.21. The van der Waals surface area contributed by atoms with Gasteiger partial charge in [-0.15, -0.1) is 0 Å². The van der Waals surface area contributed by atoms with Crippen LogP contribution in [0.25, 0.3) is 0 Å². The second kappa shape index (κ2) is 7.54.